The van der Waals surface area contributed by atoms with Crippen molar-refractivity contribution in [3.8, 4) is 0 Å². The second-order valence-electron chi connectivity index (χ2n) is 11.6. The van der Waals surface area contributed by atoms with Crippen LogP contribution in [0.4, 0.5) is 5.69 Å². The summed E-state index contributed by atoms with van der Waals surface area (Å²) < 4.78 is 3.02. The number of amides is 4. The third kappa shape index (κ3) is 10.9. The highest BCUT2D eigenvalue weighted by atomic mass is 79.9. The summed E-state index contributed by atoms with van der Waals surface area (Å²) in [5.74, 6) is 0.516. The first kappa shape index (κ1) is 36.6. The van der Waals surface area contributed by atoms with E-state index in [1.165, 1.54) is 54.1 Å². The fourth-order valence-corrected chi connectivity index (χ4v) is 7.98. The molecule has 14 heteroatoms. The van der Waals surface area contributed by atoms with Crippen LogP contribution in [-0.2, 0) is 25.7 Å². The van der Waals surface area contributed by atoms with Crippen molar-refractivity contribution in [2.45, 2.75) is 84.3 Å². The molecule has 2 aromatic heterocycles. The zero-order valence-corrected chi connectivity index (χ0v) is 29.7. The number of pyridine rings is 1. The minimum atomic E-state index is -0.567. The summed E-state index contributed by atoms with van der Waals surface area (Å²) in [5.41, 5.74) is -0.185. The van der Waals surface area contributed by atoms with E-state index in [1.807, 2.05) is 0 Å². The Bertz CT molecular complexity index is 1410. The predicted molar refractivity (Wildman–Crippen MR) is 181 cm³/mol. The van der Waals surface area contributed by atoms with Crippen molar-refractivity contribution in [2.24, 2.45) is 17.8 Å². The fraction of sp³-hybridized carbons (Fsp3) is 0.548. The summed E-state index contributed by atoms with van der Waals surface area (Å²) in [6.45, 7) is 6.19. The van der Waals surface area contributed by atoms with Gasteiger partial charge in [0.2, 0.25) is 18.1 Å². The summed E-state index contributed by atoms with van der Waals surface area (Å²) >= 11 is 7.99. The average Bonchev–Trinajstić information content (AvgIpc) is 3.34. The van der Waals surface area contributed by atoms with Crippen molar-refractivity contribution in [1.82, 2.24) is 20.5 Å². The SMILES string of the molecule is CC1CC2CCCC(C2)C1NC(=O)Cn1cccc(NC=O)c1=O.CCNC(=O)C(=O)CCC(C)NC(=O)c1cc(Br)c(Br)s1. The van der Waals surface area contributed by atoms with E-state index >= 15 is 0 Å². The number of Topliss-reactive ketones (excluding diaryl/α,β-unsaturated/α-hetero) is 1. The van der Waals surface area contributed by atoms with Crippen molar-refractivity contribution in [2.75, 3.05) is 11.9 Å². The molecule has 45 heavy (non-hydrogen) atoms. The van der Waals surface area contributed by atoms with Crippen molar-refractivity contribution < 1.29 is 24.0 Å². The first-order valence-corrected chi connectivity index (χ1v) is 17.6. The van der Waals surface area contributed by atoms with Crippen molar-refractivity contribution >= 4 is 78.8 Å². The number of aromatic nitrogens is 1. The number of likely N-dealkylation sites (N-methyl/N-ethyl adjacent to an activating group) is 1. The van der Waals surface area contributed by atoms with Crippen LogP contribution in [0, 0.1) is 17.8 Å². The molecule has 2 fully saturated rings. The number of fused-ring (bicyclic) bond motifs is 2. The standard InChI is InChI=1S/C18H25N3O3.C13H16Br2N2O3S/c1-12-8-13-4-2-5-14(9-13)17(12)20-16(23)10-21-7-3-6-15(18(21)24)19-11-22;1-3-16-12(19)9(18)5-4-7(2)17-13(20)10-6-8(14)11(15)21-10/h3,6-7,11-14,17H,2,4-5,8-10H2,1H3,(H,19,22)(H,20,23);6-7H,3-5H2,1-2H3,(H,16,19)(H,17,20). The second-order valence-corrected chi connectivity index (χ2v) is 14.9. The molecule has 0 saturated heterocycles. The van der Waals surface area contributed by atoms with E-state index < -0.39 is 11.7 Å². The zero-order chi connectivity index (χ0) is 33.1. The molecule has 2 aromatic rings. The minimum Gasteiger partial charge on any atom is -0.351 e. The molecule has 2 saturated carbocycles. The Morgan fingerprint density at radius 2 is 1.93 bits per heavy atom. The number of halogens is 2. The molecule has 4 amide bonds. The highest BCUT2D eigenvalue weighted by Gasteiger charge is 2.38. The first-order chi connectivity index (χ1) is 21.4. The van der Waals surface area contributed by atoms with Gasteiger partial charge in [-0.2, -0.15) is 0 Å². The van der Waals surface area contributed by atoms with Crippen LogP contribution in [0.3, 0.4) is 0 Å². The third-order valence-electron chi connectivity index (χ3n) is 8.17. The number of carbonyl (C=O) groups excluding carboxylic acids is 5. The van der Waals surface area contributed by atoms with Gasteiger partial charge >= 0.3 is 0 Å². The van der Waals surface area contributed by atoms with Crippen LogP contribution in [0.5, 0.6) is 0 Å². The maximum atomic E-state index is 12.4. The smallest absolute Gasteiger partial charge is 0.287 e. The minimum absolute atomic E-state index is 0.0213. The van der Waals surface area contributed by atoms with Crippen LogP contribution in [0.1, 0.15) is 75.4 Å². The van der Waals surface area contributed by atoms with E-state index in [4.69, 9.17) is 0 Å². The number of ketones is 1. The van der Waals surface area contributed by atoms with Crippen LogP contribution >= 0.6 is 43.2 Å². The molecular formula is C31H41Br2N5O6S. The predicted octanol–water partition coefficient (Wildman–Crippen LogP) is 4.62. The Balaban J connectivity index is 0.000000248. The molecule has 2 heterocycles. The molecule has 2 aliphatic rings. The number of hydrogen-bond donors (Lipinski definition) is 4. The van der Waals surface area contributed by atoms with Crippen LogP contribution in [0.15, 0.2) is 37.4 Å². The van der Waals surface area contributed by atoms with Gasteiger partial charge in [-0.1, -0.05) is 19.8 Å². The number of rotatable bonds is 12. The van der Waals surface area contributed by atoms with Crippen LogP contribution < -0.4 is 26.8 Å². The Hall–Kier alpha value is -2.84. The van der Waals surface area contributed by atoms with Gasteiger partial charge in [0.1, 0.15) is 12.2 Å². The number of hydrogen-bond acceptors (Lipinski definition) is 7. The highest BCUT2D eigenvalue weighted by Crippen LogP contribution is 2.42. The second kappa shape index (κ2) is 17.7. The van der Waals surface area contributed by atoms with Crippen molar-refractivity contribution in [1.29, 1.82) is 0 Å². The third-order valence-corrected chi connectivity index (χ3v) is 11.4. The maximum Gasteiger partial charge on any atom is 0.287 e. The van der Waals surface area contributed by atoms with Gasteiger partial charge in [-0.15, -0.1) is 11.3 Å². The average molecular weight is 772 g/mol. The summed E-state index contributed by atoms with van der Waals surface area (Å²) in [7, 11) is 0. The van der Waals surface area contributed by atoms with E-state index in [1.54, 1.807) is 32.2 Å². The molecule has 4 rings (SSSR count). The topological polar surface area (TPSA) is 155 Å². The van der Waals surface area contributed by atoms with Crippen molar-refractivity contribution in [3.05, 3.63) is 47.9 Å². The van der Waals surface area contributed by atoms with Crippen molar-refractivity contribution in [3.63, 3.8) is 0 Å². The molecule has 0 aliphatic heterocycles. The van der Waals surface area contributed by atoms with Crippen LogP contribution in [0.2, 0.25) is 0 Å². The zero-order valence-electron chi connectivity index (χ0n) is 25.7. The Morgan fingerprint density at radius 3 is 2.60 bits per heavy atom. The lowest BCUT2D eigenvalue weighted by molar-refractivity contribution is -0.137. The monoisotopic (exact) mass is 769 g/mol. The molecule has 2 bridgehead atoms. The quantitative estimate of drug-likeness (QED) is 0.182. The molecular weight excluding hydrogens is 730 g/mol. The number of carbonyl (C=O) groups is 5. The Labute approximate surface area is 283 Å². The molecule has 11 nitrogen and oxygen atoms in total. The number of nitrogens with one attached hydrogen (secondary N) is 4. The highest BCUT2D eigenvalue weighted by molar-refractivity contribution is 9.13. The summed E-state index contributed by atoms with van der Waals surface area (Å²) in [6.07, 6.45) is 8.74. The van der Waals surface area contributed by atoms with Gasteiger partial charge in [-0.3, -0.25) is 28.8 Å². The maximum absolute atomic E-state index is 12.4. The Kier molecular flexibility index (Phi) is 14.4. The van der Waals surface area contributed by atoms with Gasteiger partial charge in [-0.05, 0) is 107 Å². The molecule has 0 aromatic carbocycles. The fourth-order valence-electron chi connectivity index (χ4n) is 6.04. The first-order valence-electron chi connectivity index (χ1n) is 15.2. The number of anilines is 1. The van der Waals surface area contributed by atoms with E-state index in [0.29, 0.717) is 36.1 Å². The lowest BCUT2D eigenvalue weighted by Crippen LogP contribution is -2.50. The van der Waals surface area contributed by atoms with Gasteiger partial charge in [0.25, 0.3) is 17.4 Å². The summed E-state index contributed by atoms with van der Waals surface area (Å²) in [4.78, 5) is 70.5. The van der Waals surface area contributed by atoms with Crippen LogP contribution in [0.25, 0.3) is 0 Å². The largest absolute Gasteiger partial charge is 0.351 e. The molecule has 5 atom stereocenters. The van der Waals surface area contributed by atoms with Gasteiger partial charge in [0.15, 0.2) is 0 Å². The molecule has 4 N–H and O–H groups in total. The van der Waals surface area contributed by atoms with E-state index in [2.05, 4.69) is 60.1 Å². The lowest BCUT2D eigenvalue weighted by Gasteiger charge is -2.44. The van der Waals surface area contributed by atoms with Gasteiger partial charge in [0, 0.05) is 35.7 Å². The lowest BCUT2D eigenvalue weighted by atomic mass is 9.65. The molecule has 0 spiro atoms. The van der Waals surface area contributed by atoms with E-state index in [9.17, 15) is 28.8 Å². The summed E-state index contributed by atoms with van der Waals surface area (Å²) in [6, 6.07) is 4.93. The number of nitrogens with zero attached hydrogens (tertiary/aromatic N) is 1. The molecule has 0 radical (unpaired) electrons. The van der Waals surface area contributed by atoms with Gasteiger partial charge in [-0.25, -0.2) is 0 Å². The van der Waals surface area contributed by atoms with Gasteiger partial charge < -0.3 is 25.8 Å². The molecule has 246 valence electrons. The number of thiophene rings is 1. The van der Waals surface area contributed by atoms with Crippen LogP contribution in [-0.4, -0.2) is 53.1 Å². The molecule has 5 unspecified atom stereocenters. The van der Waals surface area contributed by atoms with E-state index in [0.717, 1.165) is 14.2 Å². The summed E-state index contributed by atoms with van der Waals surface area (Å²) in [5, 5.41) is 10.8. The normalized spacial score (nSPS) is 20.9. The van der Waals surface area contributed by atoms with E-state index in [-0.39, 0.29) is 48.1 Å². The molecule has 2 aliphatic carbocycles. The van der Waals surface area contributed by atoms with Gasteiger partial charge in [0.05, 0.1) is 8.66 Å². The Morgan fingerprint density at radius 1 is 1.18 bits per heavy atom.